The maximum atomic E-state index is 6.30. The van der Waals surface area contributed by atoms with Crippen molar-refractivity contribution in [2.45, 2.75) is 59.0 Å². The first-order valence-corrected chi connectivity index (χ1v) is 7.05. The van der Waals surface area contributed by atoms with Crippen molar-refractivity contribution < 1.29 is 4.74 Å². The fourth-order valence-electron chi connectivity index (χ4n) is 2.43. The van der Waals surface area contributed by atoms with Gasteiger partial charge in [-0.25, -0.2) is 0 Å². The van der Waals surface area contributed by atoms with E-state index in [4.69, 9.17) is 10.5 Å². The molecule has 0 saturated heterocycles. The lowest BCUT2D eigenvalue weighted by atomic mass is 9.99. The topological polar surface area (TPSA) is 38.5 Å². The van der Waals surface area contributed by atoms with Crippen LogP contribution in [0.2, 0.25) is 0 Å². The summed E-state index contributed by atoms with van der Waals surface area (Å²) in [5, 5.41) is 0. The van der Waals surface area contributed by atoms with Crippen molar-refractivity contribution in [3.63, 3.8) is 0 Å². The standard InChI is InChI=1S/C14H32N2O/c1-6-8-13(15)14(7-2)16(9-10-17-5)11-12(3)4/h12-14H,6-11,15H2,1-5H3. The van der Waals surface area contributed by atoms with Gasteiger partial charge in [-0.2, -0.15) is 0 Å². The molecule has 0 spiro atoms. The Balaban J connectivity index is 4.46. The molecule has 0 aliphatic heterocycles. The predicted molar refractivity (Wildman–Crippen MR) is 75.2 cm³/mol. The molecule has 2 atom stereocenters. The number of ether oxygens (including phenoxy) is 1. The Morgan fingerprint density at radius 3 is 2.29 bits per heavy atom. The average Bonchev–Trinajstić information content (AvgIpc) is 2.26. The van der Waals surface area contributed by atoms with Gasteiger partial charge in [0.1, 0.15) is 0 Å². The largest absolute Gasteiger partial charge is 0.383 e. The van der Waals surface area contributed by atoms with Crippen molar-refractivity contribution in [2.24, 2.45) is 11.7 Å². The zero-order chi connectivity index (χ0) is 13.3. The zero-order valence-electron chi connectivity index (χ0n) is 12.4. The van der Waals surface area contributed by atoms with Crippen molar-refractivity contribution in [1.29, 1.82) is 0 Å². The average molecular weight is 244 g/mol. The minimum Gasteiger partial charge on any atom is -0.383 e. The van der Waals surface area contributed by atoms with Gasteiger partial charge in [0, 0.05) is 32.3 Å². The summed E-state index contributed by atoms with van der Waals surface area (Å²) < 4.78 is 5.21. The second-order valence-electron chi connectivity index (χ2n) is 5.31. The molecule has 0 heterocycles. The van der Waals surface area contributed by atoms with Gasteiger partial charge in [0.2, 0.25) is 0 Å². The molecule has 0 rings (SSSR count). The minimum atomic E-state index is 0.292. The van der Waals surface area contributed by atoms with E-state index in [2.05, 4.69) is 32.6 Å². The molecule has 0 radical (unpaired) electrons. The third-order valence-corrected chi connectivity index (χ3v) is 3.19. The molecule has 2 N–H and O–H groups in total. The van der Waals surface area contributed by atoms with E-state index in [0.717, 1.165) is 39.0 Å². The number of nitrogens with two attached hydrogens (primary N) is 1. The van der Waals surface area contributed by atoms with Gasteiger partial charge in [-0.1, -0.05) is 34.1 Å². The van der Waals surface area contributed by atoms with Crippen LogP contribution in [0, 0.1) is 5.92 Å². The molecule has 3 heteroatoms. The highest BCUT2D eigenvalue weighted by molar-refractivity contribution is 4.81. The highest BCUT2D eigenvalue weighted by Crippen LogP contribution is 2.13. The van der Waals surface area contributed by atoms with Crippen molar-refractivity contribution in [1.82, 2.24) is 4.90 Å². The van der Waals surface area contributed by atoms with E-state index in [1.54, 1.807) is 7.11 Å². The van der Waals surface area contributed by atoms with Crippen LogP contribution < -0.4 is 5.73 Å². The lowest BCUT2D eigenvalue weighted by Gasteiger charge is -2.36. The molecule has 17 heavy (non-hydrogen) atoms. The normalized spacial score (nSPS) is 15.5. The van der Waals surface area contributed by atoms with E-state index in [-0.39, 0.29) is 0 Å². The Kier molecular flexibility index (Phi) is 9.79. The first-order valence-electron chi connectivity index (χ1n) is 7.05. The van der Waals surface area contributed by atoms with E-state index in [1.807, 2.05) is 0 Å². The van der Waals surface area contributed by atoms with Gasteiger partial charge in [0.15, 0.2) is 0 Å². The van der Waals surface area contributed by atoms with Crippen LogP contribution in [0.1, 0.15) is 47.0 Å². The molecule has 0 aromatic carbocycles. The maximum absolute atomic E-state index is 6.30. The van der Waals surface area contributed by atoms with Crippen molar-refractivity contribution in [2.75, 3.05) is 26.8 Å². The molecule has 0 amide bonds. The minimum absolute atomic E-state index is 0.292. The fourth-order valence-corrected chi connectivity index (χ4v) is 2.43. The fraction of sp³-hybridized carbons (Fsp3) is 1.00. The lowest BCUT2D eigenvalue weighted by Crippen LogP contribution is -2.49. The summed E-state index contributed by atoms with van der Waals surface area (Å²) in [6, 6.07) is 0.785. The Bertz CT molecular complexity index is 174. The van der Waals surface area contributed by atoms with E-state index < -0.39 is 0 Å². The van der Waals surface area contributed by atoms with Crippen LogP contribution in [-0.4, -0.2) is 43.8 Å². The third-order valence-electron chi connectivity index (χ3n) is 3.19. The third kappa shape index (κ3) is 7.02. The Morgan fingerprint density at radius 1 is 1.24 bits per heavy atom. The molecule has 0 aliphatic carbocycles. The molecule has 0 fully saturated rings. The van der Waals surface area contributed by atoms with Crippen molar-refractivity contribution in [3.8, 4) is 0 Å². The van der Waals surface area contributed by atoms with Gasteiger partial charge in [0.25, 0.3) is 0 Å². The van der Waals surface area contributed by atoms with Crippen LogP contribution in [0.3, 0.4) is 0 Å². The van der Waals surface area contributed by atoms with Crippen molar-refractivity contribution in [3.05, 3.63) is 0 Å². The molecular weight excluding hydrogens is 212 g/mol. The van der Waals surface area contributed by atoms with Gasteiger partial charge in [-0.15, -0.1) is 0 Å². The molecule has 3 nitrogen and oxygen atoms in total. The molecule has 0 aliphatic rings. The van der Waals surface area contributed by atoms with Crippen LogP contribution >= 0.6 is 0 Å². The Morgan fingerprint density at radius 2 is 1.88 bits per heavy atom. The number of hydrogen-bond acceptors (Lipinski definition) is 3. The van der Waals surface area contributed by atoms with Crippen molar-refractivity contribution >= 4 is 0 Å². The predicted octanol–water partition coefficient (Wildman–Crippen LogP) is 2.50. The molecule has 2 unspecified atom stereocenters. The van der Waals surface area contributed by atoms with Crippen LogP contribution in [0.15, 0.2) is 0 Å². The summed E-state index contributed by atoms with van der Waals surface area (Å²) in [5.74, 6) is 0.676. The molecule has 0 aromatic heterocycles. The maximum Gasteiger partial charge on any atom is 0.0589 e. The molecule has 0 bridgehead atoms. The molecule has 104 valence electrons. The summed E-state index contributed by atoms with van der Waals surface area (Å²) in [6.45, 7) is 11.9. The van der Waals surface area contributed by atoms with Crippen LogP contribution in [0.5, 0.6) is 0 Å². The van der Waals surface area contributed by atoms with Gasteiger partial charge < -0.3 is 10.5 Å². The van der Waals surface area contributed by atoms with E-state index in [0.29, 0.717) is 18.0 Å². The Hall–Kier alpha value is -0.120. The second-order valence-corrected chi connectivity index (χ2v) is 5.31. The zero-order valence-corrected chi connectivity index (χ0v) is 12.4. The van der Waals surface area contributed by atoms with Crippen LogP contribution in [0.25, 0.3) is 0 Å². The van der Waals surface area contributed by atoms with E-state index in [1.165, 1.54) is 0 Å². The first kappa shape index (κ1) is 16.9. The second kappa shape index (κ2) is 9.86. The highest BCUT2D eigenvalue weighted by Gasteiger charge is 2.23. The quantitative estimate of drug-likeness (QED) is 0.642. The summed E-state index contributed by atoms with van der Waals surface area (Å²) in [7, 11) is 1.76. The van der Waals surface area contributed by atoms with E-state index in [9.17, 15) is 0 Å². The lowest BCUT2D eigenvalue weighted by molar-refractivity contribution is 0.0948. The van der Waals surface area contributed by atoms with Crippen LogP contribution in [-0.2, 0) is 4.74 Å². The number of nitrogens with zero attached hydrogens (tertiary/aromatic N) is 1. The number of rotatable bonds is 10. The Labute approximate surface area is 108 Å². The number of hydrogen-bond donors (Lipinski definition) is 1. The molecule has 0 saturated carbocycles. The van der Waals surface area contributed by atoms with Gasteiger partial charge in [-0.05, 0) is 18.8 Å². The summed E-state index contributed by atoms with van der Waals surface area (Å²) in [5.41, 5.74) is 6.30. The monoisotopic (exact) mass is 244 g/mol. The number of methoxy groups -OCH3 is 1. The molecular formula is C14H32N2O. The van der Waals surface area contributed by atoms with Gasteiger partial charge in [0.05, 0.1) is 6.61 Å². The summed E-state index contributed by atoms with van der Waals surface area (Å²) >= 11 is 0. The van der Waals surface area contributed by atoms with Gasteiger partial charge >= 0.3 is 0 Å². The summed E-state index contributed by atoms with van der Waals surface area (Å²) in [4.78, 5) is 2.51. The van der Waals surface area contributed by atoms with E-state index >= 15 is 0 Å². The summed E-state index contributed by atoms with van der Waals surface area (Å²) in [6.07, 6.45) is 3.40. The highest BCUT2D eigenvalue weighted by atomic mass is 16.5. The van der Waals surface area contributed by atoms with Crippen LogP contribution in [0.4, 0.5) is 0 Å². The first-order chi connectivity index (χ1) is 8.06. The SMILES string of the molecule is CCCC(N)C(CC)N(CCOC)CC(C)C. The van der Waals surface area contributed by atoms with Gasteiger partial charge in [-0.3, -0.25) is 4.90 Å². The smallest absolute Gasteiger partial charge is 0.0589 e. The molecule has 0 aromatic rings.